The molecule has 3 N–H and O–H groups in total. The van der Waals surface area contributed by atoms with Crippen molar-refractivity contribution in [3.05, 3.63) is 58.6 Å². The number of ether oxygens (including phenoxy) is 1. The molecule has 0 aliphatic heterocycles. The molecule has 25 heavy (non-hydrogen) atoms. The highest BCUT2D eigenvalue weighted by Crippen LogP contribution is 2.23. The van der Waals surface area contributed by atoms with E-state index >= 15 is 0 Å². The van der Waals surface area contributed by atoms with Crippen molar-refractivity contribution in [2.75, 3.05) is 33.1 Å². The minimum Gasteiger partial charge on any atom is -0.497 e. The molecule has 6 heteroatoms. The number of hydrogen-bond donors (Lipinski definition) is 3. The van der Waals surface area contributed by atoms with Gasteiger partial charge in [0.1, 0.15) is 11.8 Å². The Balaban J connectivity index is 2.03. The van der Waals surface area contributed by atoms with Crippen LogP contribution in [-0.4, -0.2) is 32.9 Å². The van der Waals surface area contributed by atoms with E-state index < -0.39 is 0 Å². The van der Waals surface area contributed by atoms with Gasteiger partial charge in [0.25, 0.3) is 0 Å². The molecule has 0 spiro atoms. The maximum atomic E-state index is 6.16. The Kier molecular flexibility index (Phi) is 7.05. The summed E-state index contributed by atoms with van der Waals surface area (Å²) in [6.45, 7) is 2.68. The van der Waals surface area contributed by atoms with Gasteiger partial charge in [-0.3, -0.25) is 0 Å². The van der Waals surface area contributed by atoms with Gasteiger partial charge in [-0.1, -0.05) is 29.8 Å². The second-order valence-corrected chi connectivity index (χ2v) is 6.97. The van der Waals surface area contributed by atoms with Gasteiger partial charge in [-0.25, -0.2) is 0 Å². The Morgan fingerprint density at radius 3 is 2.64 bits per heavy atom. The molecule has 0 fully saturated rings. The van der Waals surface area contributed by atoms with Crippen LogP contribution < -0.4 is 20.3 Å². The monoisotopic (exact) mass is 378 g/mol. The van der Waals surface area contributed by atoms with Crippen molar-refractivity contribution < 1.29 is 9.64 Å². The van der Waals surface area contributed by atoms with E-state index in [4.69, 9.17) is 28.6 Å². The van der Waals surface area contributed by atoms with Crippen molar-refractivity contribution >= 4 is 34.6 Å². The summed E-state index contributed by atoms with van der Waals surface area (Å²) in [6.07, 6.45) is 0. The average molecular weight is 379 g/mol. The number of rotatable bonds is 6. The first-order valence-electron chi connectivity index (χ1n) is 8.16. The molecule has 0 bridgehead atoms. The number of anilines is 1. The lowest BCUT2D eigenvalue weighted by Crippen LogP contribution is -3.07. The third kappa shape index (κ3) is 5.33. The average Bonchev–Trinajstić information content (AvgIpc) is 2.59. The highest BCUT2D eigenvalue weighted by Gasteiger charge is 2.18. The lowest BCUT2D eigenvalue weighted by molar-refractivity contribution is -0.890. The van der Waals surface area contributed by atoms with E-state index in [0.717, 1.165) is 22.0 Å². The number of quaternary nitrogens is 1. The summed E-state index contributed by atoms with van der Waals surface area (Å²) in [5, 5.41) is 7.84. The van der Waals surface area contributed by atoms with Crippen LogP contribution in [0.1, 0.15) is 17.2 Å². The fourth-order valence-electron chi connectivity index (χ4n) is 2.62. The minimum atomic E-state index is 0.246. The lowest BCUT2D eigenvalue weighted by Gasteiger charge is -2.23. The summed E-state index contributed by atoms with van der Waals surface area (Å²) in [5.41, 5.74) is 3.10. The molecule has 0 radical (unpaired) electrons. The van der Waals surface area contributed by atoms with Crippen molar-refractivity contribution in [3.63, 3.8) is 0 Å². The van der Waals surface area contributed by atoms with Gasteiger partial charge >= 0.3 is 0 Å². The molecule has 2 aromatic rings. The third-order valence-electron chi connectivity index (χ3n) is 4.18. The highest BCUT2D eigenvalue weighted by molar-refractivity contribution is 7.80. The third-order valence-corrected chi connectivity index (χ3v) is 4.83. The molecule has 2 aromatic carbocycles. The number of thiocarbonyl (C=S) groups is 1. The van der Waals surface area contributed by atoms with Crippen LogP contribution >= 0.6 is 23.8 Å². The van der Waals surface area contributed by atoms with Gasteiger partial charge in [0.05, 0.1) is 27.7 Å². The summed E-state index contributed by atoms with van der Waals surface area (Å²) in [5.74, 6) is 0.860. The standard InChI is InChI=1S/C19H24ClN3OS/c1-13-16(20)9-6-10-17(13)22-19(25)21-12-18(23(2)3)14-7-5-8-15(11-14)24-4/h5-11,18H,12H2,1-4H3,(H2,21,22,25)/p+1/t18-/m1/s1. The van der Waals surface area contributed by atoms with E-state index in [0.29, 0.717) is 11.7 Å². The molecule has 0 saturated heterocycles. The van der Waals surface area contributed by atoms with Gasteiger partial charge < -0.3 is 20.3 Å². The topological polar surface area (TPSA) is 37.7 Å². The summed E-state index contributed by atoms with van der Waals surface area (Å²) >= 11 is 11.6. The second-order valence-electron chi connectivity index (χ2n) is 6.15. The van der Waals surface area contributed by atoms with E-state index in [-0.39, 0.29) is 6.04 Å². The van der Waals surface area contributed by atoms with Crippen LogP contribution in [0.25, 0.3) is 0 Å². The Labute approximate surface area is 160 Å². The molecule has 0 aliphatic carbocycles. The summed E-state index contributed by atoms with van der Waals surface area (Å²) < 4.78 is 5.33. The zero-order valence-corrected chi connectivity index (χ0v) is 16.6. The van der Waals surface area contributed by atoms with Crippen LogP contribution in [0.2, 0.25) is 5.02 Å². The van der Waals surface area contributed by atoms with Crippen molar-refractivity contribution in [3.8, 4) is 5.75 Å². The first kappa shape index (κ1) is 19.5. The number of methoxy groups -OCH3 is 1. The normalized spacial score (nSPS) is 11.9. The van der Waals surface area contributed by atoms with Crippen LogP contribution in [0, 0.1) is 6.92 Å². The Bertz CT molecular complexity index is 736. The maximum absolute atomic E-state index is 6.16. The Morgan fingerprint density at radius 2 is 1.96 bits per heavy atom. The van der Waals surface area contributed by atoms with Gasteiger partial charge in [-0.05, 0) is 49.0 Å². The summed E-state index contributed by atoms with van der Waals surface area (Å²) in [7, 11) is 5.94. The van der Waals surface area contributed by atoms with Crippen molar-refractivity contribution in [2.45, 2.75) is 13.0 Å². The Morgan fingerprint density at radius 1 is 1.24 bits per heavy atom. The largest absolute Gasteiger partial charge is 0.497 e. The zero-order chi connectivity index (χ0) is 18.4. The number of halogens is 1. The van der Waals surface area contributed by atoms with Gasteiger partial charge in [0.15, 0.2) is 5.11 Å². The SMILES string of the molecule is COc1cccc([C@@H](CNC(=S)Nc2cccc(Cl)c2C)[NH+](C)C)c1. The molecule has 0 aromatic heterocycles. The Hall–Kier alpha value is -1.82. The van der Waals surface area contributed by atoms with Crippen LogP contribution in [-0.2, 0) is 0 Å². The maximum Gasteiger partial charge on any atom is 0.171 e. The predicted octanol–water partition coefficient (Wildman–Crippen LogP) is 2.83. The molecule has 0 heterocycles. The molecule has 1 atom stereocenters. The predicted molar refractivity (Wildman–Crippen MR) is 109 cm³/mol. The smallest absolute Gasteiger partial charge is 0.171 e. The summed E-state index contributed by atoms with van der Waals surface area (Å²) in [6, 6.07) is 14.1. The van der Waals surface area contributed by atoms with Gasteiger partial charge in [0.2, 0.25) is 0 Å². The van der Waals surface area contributed by atoms with Gasteiger partial charge in [0, 0.05) is 16.3 Å². The zero-order valence-electron chi connectivity index (χ0n) is 15.0. The molecular weight excluding hydrogens is 354 g/mol. The van der Waals surface area contributed by atoms with E-state index in [1.807, 2.05) is 37.3 Å². The van der Waals surface area contributed by atoms with Crippen LogP contribution in [0.5, 0.6) is 5.75 Å². The molecule has 0 aliphatic rings. The van der Waals surface area contributed by atoms with E-state index in [2.05, 4.69) is 36.9 Å². The van der Waals surface area contributed by atoms with E-state index in [9.17, 15) is 0 Å². The lowest BCUT2D eigenvalue weighted by atomic mass is 10.1. The molecule has 0 unspecified atom stereocenters. The molecule has 2 rings (SSSR count). The molecule has 0 saturated carbocycles. The first-order chi connectivity index (χ1) is 11.9. The fourth-order valence-corrected chi connectivity index (χ4v) is 2.99. The number of nitrogens with one attached hydrogen (secondary N) is 3. The fraction of sp³-hybridized carbons (Fsp3) is 0.316. The molecule has 134 valence electrons. The number of likely N-dealkylation sites (N-methyl/N-ethyl adjacent to an activating group) is 1. The van der Waals surface area contributed by atoms with Crippen LogP contribution in [0.4, 0.5) is 5.69 Å². The number of hydrogen-bond acceptors (Lipinski definition) is 2. The second kappa shape index (κ2) is 9.04. The summed E-state index contributed by atoms with van der Waals surface area (Å²) in [4.78, 5) is 1.31. The molecule has 0 amide bonds. The van der Waals surface area contributed by atoms with Crippen molar-refractivity contribution in [2.24, 2.45) is 0 Å². The highest BCUT2D eigenvalue weighted by atomic mass is 35.5. The van der Waals surface area contributed by atoms with Gasteiger partial charge in [-0.2, -0.15) is 0 Å². The van der Waals surface area contributed by atoms with Crippen LogP contribution in [0.3, 0.4) is 0 Å². The van der Waals surface area contributed by atoms with Crippen LogP contribution in [0.15, 0.2) is 42.5 Å². The van der Waals surface area contributed by atoms with Crippen molar-refractivity contribution in [1.82, 2.24) is 5.32 Å². The van der Waals surface area contributed by atoms with E-state index in [1.54, 1.807) is 7.11 Å². The first-order valence-corrected chi connectivity index (χ1v) is 8.95. The van der Waals surface area contributed by atoms with Crippen molar-refractivity contribution in [1.29, 1.82) is 0 Å². The molecular formula is C19H25ClN3OS+. The minimum absolute atomic E-state index is 0.246. The van der Waals surface area contributed by atoms with Gasteiger partial charge in [-0.15, -0.1) is 0 Å². The number of benzene rings is 2. The molecule has 4 nitrogen and oxygen atoms in total. The van der Waals surface area contributed by atoms with E-state index in [1.165, 1.54) is 10.5 Å². The quantitative estimate of drug-likeness (QED) is 0.676.